The zero-order valence-electron chi connectivity index (χ0n) is 12.9. The summed E-state index contributed by atoms with van der Waals surface area (Å²) < 4.78 is 0. The third-order valence-electron chi connectivity index (χ3n) is 5.82. The first-order valence-corrected chi connectivity index (χ1v) is 8.58. The number of likely N-dealkylation sites (N-methyl/N-ethyl adjacent to an activating group) is 1. The number of nitrogens with one attached hydrogen (secondary N) is 1. The topological polar surface area (TPSA) is 12.0 Å². The number of benzene rings is 1. The van der Waals surface area contributed by atoms with Gasteiger partial charge in [-0.15, -0.1) is 0 Å². The van der Waals surface area contributed by atoms with Crippen LogP contribution in [0.3, 0.4) is 0 Å². The van der Waals surface area contributed by atoms with Gasteiger partial charge in [-0.3, -0.25) is 0 Å². The van der Waals surface area contributed by atoms with Crippen LogP contribution in [0.25, 0.3) is 0 Å². The molecule has 0 bridgehead atoms. The van der Waals surface area contributed by atoms with Crippen molar-refractivity contribution in [1.29, 1.82) is 0 Å². The molecule has 3 rings (SSSR count). The van der Waals surface area contributed by atoms with Crippen molar-refractivity contribution >= 4 is 0 Å². The quantitative estimate of drug-likeness (QED) is 0.854. The molecule has 4 atom stereocenters. The molecule has 0 saturated heterocycles. The molecule has 0 heterocycles. The Labute approximate surface area is 124 Å². The average molecular weight is 271 g/mol. The summed E-state index contributed by atoms with van der Waals surface area (Å²) in [5.41, 5.74) is 1.48. The highest BCUT2D eigenvalue weighted by molar-refractivity contribution is 5.16. The van der Waals surface area contributed by atoms with Crippen molar-refractivity contribution in [3.63, 3.8) is 0 Å². The summed E-state index contributed by atoms with van der Waals surface area (Å²) in [6.45, 7) is 0. The lowest BCUT2D eigenvalue weighted by Crippen LogP contribution is -2.40. The number of hydrogen-bond donors (Lipinski definition) is 1. The van der Waals surface area contributed by atoms with Gasteiger partial charge in [-0.2, -0.15) is 0 Å². The Bertz CT molecular complexity index is 399. The van der Waals surface area contributed by atoms with Crippen LogP contribution in [0.4, 0.5) is 0 Å². The van der Waals surface area contributed by atoms with Crippen molar-refractivity contribution < 1.29 is 0 Å². The van der Waals surface area contributed by atoms with Crippen molar-refractivity contribution in [3.05, 3.63) is 35.9 Å². The van der Waals surface area contributed by atoms with Gasteiger partial charge in [-0.1, -0.05) is 56.0 Å². The zero-order valence-corrected chi connectivity index (χ0v) is 12.9. The van der Waals surface area contributed by atoms with Gasteiger partial charge in [0, 0.05) is 6.04 Å². The molecule has 0 radical (unpaired) electrons. The maximum Gasteiger partial charge on any atom is 0.0133 e. The molecular weight excluding hydrogens is 242 g/mol. The predicted molar refractivity (Wildman–Crippen MR) is 85.8 cm³/mol. The van der Waals surface area contributed by atoms with E-state index in [2.05, 4.69) is 42.7 Å². The zero-order chi connectivity index (χ0) is 13.8. The highest BCUT2D eigenvalue weighted by Crippen LogP contribution is 2.43. The van der Waals surface area contributed by atoms with Crippen LogP contribution in [0, 0.1) is 17.8 Å². The summed E-state index contributed by atoms with van der Waals surface area (Å²) in [7, 11) is 2.15. The first-order valence-electron chi connectivity index (χ1n) is 8.58. The van der Waals surface area contributed by atoms with E-state index in [-0.39, 0.29) is 0 Å². The molecule has 110 valence electrons. The van der Waals surface area contributed by atoms with E-state index in [0.29, 0.717) is 6.04 Å². The van der Waals surface area contributed by atoms with Crippen LogP contribution in [0.2, 0.25) is 0 Å². The van der Waals surface area contributed by atoms with Gasteiger partial charge in [-0.25, -0.2) is 0 Å². The Balaban J connectivity index is 1.61. The first-order chi connectivity index (χ1) is 9.86. The average Bonchev–Trinajstić information content (AvgIpc) is 2.53. The second-order valence-electron chi connectivity index (χ2n) is 6.96. The molecule has 2 aliphatic carbocycles. The fourth-order valence-corrected chi connectivity index (χ4v) is 4.65. The van der Waals surface area contributed by atoms with Gasteiger partial charge in [0.2, 0.25) is 0 Å². The van der Waals surface area contributed by atoms with Crippen molar-refractivity contribution in [1.82, 2.24) is 5.32 Å². The van der Waals surface area contributed by atoms with Gasteiger partial charge < -0.3 is 5.32 Å². The lowest BCUT2D eigenvalue weighted by Gasteiger charge is -2.42. The number of fused-ring (bicyclic) bond motifs is 1. The van der Waals surface area contributed by atoms with Crippen LogP contribution < -0.4 is 5.32 Å². The van der Waals surface area contributed by atoms with Crippen molar-refractivity contribution in [2.45, 2.75) is 57.4 Å². The third-order valence-corrected chi connectivity index (χ3v) is 5.82. The molecule has 2 fully saturated rings. The number of hydrogen-bond acceptors (Lipinski definition) is 1. The number of rotatable bonds is 4. The Hall–Kier alpha value is -0.820. The Morgan fingerprint density at radius 2 is 1.75 bits per heavy atom. The summed E-state index contributed by atoms with van der Waals surface area (Å²) in [6.07, 6.45) is 11.6. The van der Waals surface area contributed by atoms with Gasteiger partial charge >= 0.3 is 0 Å². The Kier molecular flexibility index (Phi) is 4.77. The maximum atomic E-state index is 3.62. The maximum absolute atomic E-state index is 3.62. The molecule has 2 aliphatic rings. The van der Waals surface area contributed by atoms with Gasteiger partial charge in [0.25, 0.3) is 0 Å². The highest BCUT2D eigenvalue weighted by atomic mass is 14.9. The van der Waals surface area contributed by atoms with Crippen molar-refractivity contribution in [2.24, 2.45) is 17.8 Å². The highest BCUT2D eigenvalue weighted by Gasteiger charge is 2.34. The van der Waals surface area contributed by atoms with E-state index < -0.39 is 0 Å². The van der Waals surface area contributed by atoms with Crippen LogP contribution in [-0.4, -0.2) is 13.1 Å². The largest absolute Gasteiger partial charge is 0.316 e. The summed E-state index contributed by atoms with van der Waals surface area (Å²) in [4.78, 5) is 0. The smallest absolute Gasteiger partial charge is 0.0133 e. The van der Waals surface area contributed by atoms with Gasteiger partial charge in [0.1, 0.15) is 0 Å². The predicted octanol–water partition coefficient (Wildman–Crippen LogP) is 4.42. The SMILES string of the molecule is CNC(Cc1ccccc1)C1CCC2CCCCC2C1. The second kappa shape index (κ2) is 6.76. The molecule has 4 unspecified atom stereocenters. The fraction of sp³-hybridized carbons (Fsp3) is 0.684. The standard InChI is InChI=1S/C19H29N/c1-20-19(13-15-7-3-2-4-8-15)18-12-11-16-9-5-6-10-17(16)14-18/h2-4,7-8,16-20H,5-6,9-14H2,1H3. The Morgan fingerprint density at radius 1 is 1.00 bits per heavy atom. The molecule has 1 aromatic carbocycles. The van der Waals surface area contributed by atoms with Crippen molar-refractivity contribution in [3.8, 4) is 0 Å². The molecule has 0 amide bonds. The van der Waals surface area contributed by atoms with Gasteiger partial charge in [-0.05, 0) is 56.0 Å². The van der Waals surface area contributed by atoms with Crippen LogP contribution in [-0.2, 0) is 6.42 Å². The fourth-order valence-electron chi connectivity index (χ4n) is 4.65. The van der Waals surface area contributed by atoms with Crippen LogP contribution >= 0.6 is 0 Å². The van der Waals surface area contributed by atoms with Crippen LogP contribution in [0.5, 0.6) is 0 Å². The summed E-state index contributed by atoms with van der Waals surface area (Å²) in [5, 5.41) is 3.62. The molecule has 1 aromatic rings. The molecule has 0 aromatic heterocycles. The minimum Gasteiger partial charge on any atom is -0.316 e. The van der Waals surface area contributed by atoms with E-state index in [1.54, 1.807) is 0 Å². The van der Waals surface area contributed by atoms with E-state index in [0.717, 1.165) is 17.8 Å². The van der Waals surface area contributed by atoms with Crippen LogP contribution in [0.15, 0.2) is 30.3 Å². The van der Waals surface area contributed by atoms with E-state index in [1.807, 2.05) is 0 Å². The monoisotopic (exact) mass is 271 g/mol. The van der Waals surface area contributed by atoms with E-state index in [9.17, 15) is 0 Å². The second-order valence-corrected chi connectivity index (χ2v) is 6.96. The molecule has 1 nitrogen and oxygen atoms in total. The van der Waals surface area contributed by atoms with Crippen LogP contribution in [0.1, 0.15) is 50.5 Å². The Morgan fingerprint density at radius 3 is 2.50 bits per heavy atom. The normalized spacial score (nSPS) is 31.6. The molecule has 1 N–H and O–H groups in total. The third kappa shape index (κ3) is 3.25. The molecular formula is C19H29N. The summed E-state index contributed by atoms with van der Waals surface area (Å²) in [5.74, 6) is 2.99. The lowest BCUT2D eigenvalue weighted by molar-refractivity contribution is 0.111. The van der Waals surface area contributed by atoms with Gasteiger partial charge in [0.15, 0.2) is 0 Å². The molecule has 1 heteroatoms. The molecule has 20 heavy (non-hydrogen) atoms. The molecule has 2 saturated carbocycles. The molecule has 0 spiro atoms. The summed E-state index contributed by atoms with van der Waals surface area (Å²) >= 11 is 0. The van der Waals surface area contributed by atoms with E-state index >= 15 is 0 Å². The van der Waals surface area contributed by atoms with Gasteiger partial charge in [0.05, 0.1) is 0 Å². The lowest BCUT2D eigenvalue weighted by atomic mass is 9.65. The van der Waals surface area contributed by atoms with Crippen molar-refractivity contribution in [2.75, 3.05) is 7.05 Å². The van der Waals surface area contributed by atoms with E-state index in [1.165, 1.54) is 56.9 Å². The van der Waals surface area contributed by atoms with E-state index in [4.69, 9.17) is 0 Å². The minimum atomic E-state index is 0.667. The molecule has 0 aliphatic heterocycles. The summed E-state index contributed by atoms with van der Waals surface area (Å²) in [6, 6.07) is 11.7. The first kappa shape index (κ1) is 14.1. The minimum absolute atomic E-state index is 0.667.